The molecule has 0 saturated heterocycles. The standard InChI is InChI=1S/C11H14BrNO2S/c1-2-3-6-9(11(14)15)16-10-8(12)5-4-7-13-10/h4-5,7,9H,2-3,6H2,1H3,(H,14,15). The summed E-state index contributed by atoms with van der Waals surface area (Å²) < 4.78 is 0.850. The average molecular weight is 304 g/mol. The number of hydrogen-bond donors (Lipinski definition) is 1. The summed E-state index contributed by atoms with van der Waals surface area (Å²) in [5.74, 6) is -0.768. The van der Waals surface area contributed by atoms with E-state index in [-0.39, 0.29) is 0 Å². The van der Waals surface area contributed by atoms with E-state index in [1.54, 1.807) is 6.20 Å². The molecule has 16 heavy (non-hydrogen) atoms. The van der Waals surface area contributed by atoms with Crippen molar-refractivity contribution in [3.8, 4) is 0 Å². The molecule has 1 unspecified atom stereocenters. The van der Waals surface area contributed by atoms with Gasteiger partial charge in [-0.1, -0.05) is 31.5 Å². The lowest BCUT2D eigenvalue weighted by atomic mass is 10.2. The molecule has 1 rings (SSSR count). The van der Waals surface area contributed by atoms with Crippen LogP contribution in [-0.4, -0.2) is 21.3 Å². The molecular weight excluding hydrogens is 290 g/mol. The summed E-state index contributed by atoms with van der Waals surface area (Å²) in [5.41, 5.74) is 0. The zero-order valence-electron chi connectivity index (χ0n) is 9.02. The lowest BCUT2D eigenvalue weighted by molar-refractivity contribution is -0.136. The Hall–Kier alpha value is -0.550. The predicted octanol–water partition coefficient (Wildman–Crippen LogP) is 3.58. The number of thioether (sulfide) groups is 1. The summed E-state index contributed by atoms with van der Waals surface area (Å²) in [5, 5.41) is 9.42. The molecule has 0 saturated carbocycles. The van der Waals surface area contributed by atoms with Gasteiger partial charge in [0, 0.05) is 10.7 Å². The molecule has 1 aromatic heterocycles. The van der Waals surface area contributed by atoms with E-state index in [1.807, 2.05) is 12.1 Å². The molecule has 0 aliphatic rings. The average Bonchev–Trinajstić information content (AvgIpc) is 2.26. The molecule has 1 atom stereocenters. The Bertz CT molecular complexity index is 360. The SMILES string of the molecule is CCCCC(Sc1ncccc1Br)C(=O)O. The van der Waals surface area contributed by atoms with E-state index >= 15 is 0 Å². The molecule has 0 aliphatic heterocycles. The third-order valence-corrected chi connectivity index (χ3v) is 4.25. The number of rotatable bonds is 6. The van der Waals surface area contributed by atoms with Crippen LogP contribution in [0.15, 0.2) is 27.8 Å². The third kappa shape index (κ3) is 4.14. The number of carboxylic acid groups (broad SMARTS) is 1. The van der Waals surface area contributed by atoms with Crippen LogP contribution in [0, 0.1) is 0 Å². The molecule has 0 radical (unpaired) electrons. The Morgan fingerprint density at radius 3 is 3.00 bits per heavy atom. The minimum Gasteiger partial charge on any atom is -0.480 e. The first-order chi connectivity index (χ1) is 7.65. The van der Waals surface area contributed by atoms with Gasteiger partial charge in [0.2, 0.25) is 0 Å². The van der Waals surface area contributed by atoms with Gasteiger partial charge in [0.25, 0.3) is 0 Å². The number of pyridine rings is 1. The lowest BCUT2D eigenvalue weighted by Crippen LogP contribution is -2.16. The van der Waals surface area contributed by atoms with Crippen molar-refractivity contribution in [2.24, 2.45) is 0 Å². The van der Waals surface area contributed by atoms with Crippen molar-refractivity contribution in [1.82, 2.24) is 4.98 Å². The maximum Gasteiger partial charge on any atom is 0.317 e. The minimum atomic E-state index is -0.768. The van der Waals surface area contributed by atoms with Crippen molar-refractivity contribution < 1.29 is 9.90 Å². The van der Waals surface area contributed by atoms with Gasteiger partial charge in [-0.2, -0.15) is 0 Å². The Morgan fingerprint density at radius 2 is 2.44 bits per heavy atom. The van der Waals surface area contributed by atoms with E-state index in [0.717, 1.165) is 22.3 Å². The zero-order valence-corrected chi connectivity index (χ0v) is 11.4. The van der Waals surface area contributed by atoms with E-state index in [2.05, 4.69) is 27.8 Å². The van der Waals surface area contributed by atoms with Crippen LogP contribution in [0.3, 0.4) is 0 Å². The van der Waals surface area contributed by atoms with Crippen LogP contribution >= 0.6 is 27.7 Å². The van der Waals surface area contributed by atoms with Crippen LogP contribution in [0.25, 0.3) is 0 Å². The fourth-order valence-corrected chi connectivity index (χ4v) is 2.71. The van der Waals surface area contributed by atoms with Crippen molar-refractivity contribution in [2.75, 3.05) is 0 Å². The number of unbranched alkanes of at least 4 members (excludes halogenated alkanes) is 1. The minimum absolute atomic E-state index is 0.411. The summed E-state index contributed by atoms with van der Waals surface area (Å²) in [4.78, 5) is 15.2. The van der Waals surface area contributed by atoms with Gasteiger partial charge in [-0.05, 0) is 34.5 Å². The Morgan fingerprint density at radius 1 is 1.69 bits per heavy atom. The van der Waals surface area contributed by atoms with Crippen molar-refractivity contribution in [3.05, 3.63) is 22.8 Å². The molecule has 1 heterocycles. The third-order valence-electron chi connectivity index (χ3n) is 2.07. The first kappa shape index (κ1) is 13.5. The molecule has 0 fully saturated rings. The second-order valence-corrected chi connectivity index (χ2v) is 5.42. The quantitative estimate of drug-likeness (QED) is 0.816. The summed E-state index contributed by atoms with van der Waals surface area (Å²) in [6.07, 6.45) is 4.29. The van der Waals surface area contributed by atoms with Crippen molar-refractivity contribution in [1.29, 1.82) is 0 Å². The number of hydrogen-bond acceptors (Lipinski definition) is 3. The van der Waals surface area contributed by atoms with Crippen LogP contribution < -0.4 is 0 Å². The van der Waals surface area contributed by atoms with E-state index in [0.29, 0.717) is 6.42 Å². The lowest BCUT2D eigenvalue weighted by Gasteiger charge is -2.11. The van der Waals surface area contributed by atoms with Crippen molar-refractivity contribution >= 4 is 33.7 Å². The first-order valence-electron chi connectivity index (χ1n) is 5.15. The van der Waals surface area contributed by atoms with Crippen LogP contribution in [0.2, 0.25) is 0 Å². The number of carboxylic acids is 1. The molecule has 0 spiro atoms. The van der Waals surface area contributed by atoms with E-state index in [1.165, 1.54) is 11.8 Å². The van der Waals surface area contributed by atoms with Gasteiger partial charge in [-0.15, -0.1) is 0 Å². The number of halogens is 1. The smallest absolute Gasteiger partial charge is 0.317 e. The monoisotopic (exact) mass is 303 g/mol. The summed E-state index contributed by atoms with van der Waals surface area (Å²) in [6, 6.07) is 3.68. The van der Waals surface area contributed by atoms with Gasteiger partial charge in [0.05, 0.1) is 0 Å². The van der Waals surface area contributed by atoms with Gasteiger partial charge >= 0.3 is 5.97 Å². The van der Waals surface area contributed by atoms with E-state index in [4.69, 9.17) is 5.11 Å². The van der Waals surface area contributed by atoms with Gasteiger partial charge in [-0.25, -0.2) is 4.98 Å². The maximum atomic E-state index is 11.1. The normalized spacial score (nSPS) is 12.4. The fourth-order valence-electron chi connectivity index (χ4n) is 1.21. The van der Waals surface area contributed by atoms with E-state index in [9.17, 15) is 4.79 Å². The Balaban J connectivity index is 2.68. The van der Waals surface area contributed by atoms with Crippen LogP contribution in [-0.2, 0) is 4.79 Å². The maximum absolute atomic E-state index is 11.1. The summed E-state index contributed by atoms with van der Waals surface area (Å²) in [6.45, 7) is 2.06. The topological polar surface area (TPSA) is 50.2 Å². The second-order valence-electron chi connectivity index (χ2n) is 3.38. The molecule has 1 N–H and O–H groups in total. The first-order valence-corrected chi connectivity index (χ1v) is 6.82. The van der Waals surface area contributed by atoms with Crippen molar-refractivity contribution in [2.45, 2.75) is 36.5 Å². The molecular formula is C11H14BrNO2S. The predicted molar refractivity (Wildman–Crippen MR) is 68.7 cm³/mol. The Kier molecular flexibility index (Phi) is 5.84. The van der Waals surface area contributed by atoms with Gasteiger partial charge in [0.1, 0.15) is 10.3 Å². The number of carbonyl (C=O) groups is 1. The van der Waals surface area contributed by atoms with Gasteiger partial charge in [0.15, 0.2) is 0 Å². The fraction of sp³-hybridized carbons (Fsp3) is 0.455. The molecule has 5 heteroatoms. The molecule has 0 amide bonds. The largest absolute Gasteiger partial charge is 0.480 e. The molecule has 3 nitrogen and oxygen atoms in total. The van der Waals surface area contributed by atoms with Crippen LogP contribution in [0.4, 0.5) is 0 Å². The van der Waals surface area contributed by atoms with Gasteiger partial charge in [-0.3, -0.25) is 4.79 Å². The molecule has 0 aromatic carbocycles. The highest BCUT2D eigenvalue weighted by Gasteiger charge is 2.19. The molecule has 0 bridgehead atoms. The second kappa shape index (κ2) is 6.91. The number of aliphatic carboxylic acids is 1. The zero-order chi connectivity index (χ0) is 12.0. The highest BCUT2D eigenvalue weighted by Crippen LogP contribution is 2.30. The highest BCUT2D eigenvalue weighted by molar-refractivity contribution is 9.10. The summed E-state index contributed by atoms with van der Waals surface area (Å²) >= 11 is 4.67. The van der Waals surface area contributed by atoms with Crippen LogP contribution in [0.1, 0.15) is 26.2 Å². The highest BCUT2D eigenvalue weighted by atomic mass is 79.9. The molecule has 1 aromatic rings. The molecule has 88 valence electrons. The van der Waals surface area contributed by atoms with Crippen molar-refractivity contribution in [3.63, 3.8) is 0 Å². The van der Waals surface area contributed by atoms with Crippen LogP contribution in [0.5, 0.6) is 0 Å². The van der Waals surface area contributed by atoms with Gasteiger partial charge < -0.3 is 5.11 Å². The molecule has 0 aliphatic carbocycles. The number of nitrogens with zero attached hydrogens (tertiary/aromatic N) is 1. The van der Waals surface area contributed by atoms with E-state index < -0.39 is 11.2 Å². The summed E-state index contributed by atoms with van der Waals surface area (Å²) in [7, 11) is 0. The number of aromatic nitrogens is 1. The Labute approximate surface area is 108 Å².